The molecule has 29 heavy (non-hydrogen) atoms. The molecule has 2 saturated heterocycles. The number of thiazole rings is 1. The Kier molecular flexibility index (Phi) is 9.21. The maximum atomic E-state index is 4.60. The summed E-state index contributed by atoms with van der Waals surface area (Å²) < 4.78 is 0. The summed E-state index contributed by atoms with van der Waals surface area (Å²) in [5, 5.41) is 10.4. The summed E-state index contributed by atoms with van der Waals surface area (Å²) in [5.74, 6) is 2.60. The quantitative estimate of drug-likeness (QED) is 0.385. The molecule has 2 N–H and O–H groups in total. The standard InChI is InChI=1S/C22H40N6S/c1-18-5-11-27(12-6-18)10-4-9-24-22(23-3)25-15-20-7-13-28(14-8-20)16-21-17-29-19(2)26-21/h17-18,20H,4-16H2,1-3H3,(H2,23,24,25). The van der Waals surface area contributed by atoms with Crippen molar-refractivity contribution in [3.63, 3.8) is 0 Å². The molecule has 3 heterocycles. The number of hydrogen-bond acceptors (Lipinski definition) is 5. The monoisotopic (exact) mass is 420 g/mol. The van der Waals surface area contributed by atoms with Crippen molar-refractivity contribution >= 4 is 17.3 Å². The van der Waals surface area contributed by atoms with E-state index in [1.807, 2.05) is 7.05 Å². The fourth-order valence-corrected chi connectivity index (χ4v) is 4.92. The molecule has 0 bridgehead atoms. The zero-order chi connectivity index (χ0) is 20.5. The number of hydrogen-bond donors (Lipinski definition) is 2. The number of guanidine groups is 1. The second-order valence-electron chi connectivity index (χ2n) is 8.83. The van der Waals surface area contributed by atoms with E-state index in [-0.39, 0.29) is 0 Å². The highest BCUT2D eigenvalue weighted by molar-refractivity contribution is 7.09. The third kappa shape index (κ3) is 7.87. The lowest BCUT2D eigenvalue weighted by molar-refractivity contribution is 0.176. The van der Waals surface area contributed by atoms with Crippen molar-refractivity contribution in [2.24, 2.45) is 16.8 Å². The van der Waals surface area contributed by atoms with Gasteiger partial charge in [0.15, 0.2) is 5.96 Å². The van der Waals surface area contributed by atoms with Gasteiger partial charge in [-0.05, 0) is 83.6 Å². The molecule has 0 aromatic carbocycles. The third-order valence-electron chi connectivity index (χ3n) is 6.36. The maximum absolute atomic E-state index is 4.60. The van der Waals surface area contributed by atoms with E-state index in [4.69, 9.17) is 0 Å². The molecule has 2 fully saturated rings. The van der Waals surface area contributed by atoms with Crippen molar-refractivity contribution < 1.29 is 0 Å². The summed E-state index contributed by atoms with van der Waals surface area (Å²) >= 11 is 1.75. The van der Waals surface area contributed by atoms with Crippen LogP contribution in [0.4, 0.5) is 0 Å². The molecule has 1 aromatic rings. The highest BCUT2D eigenvalue weighted by Gasteiger charge is 2.20. The van der Waals surface area contributed by atoms with Gasteiger partial charge in [0.05, 0.1) is 10.7 Å². The molecule has 3 rings (SSSR count). The molecule has 0 aliphatic carbocycles. The van der Waals surface area contributed by atoms with E-state index in [2.05, 4.69) is 49.6 Å². The van der Waals surface area contributed by atoms with Crippen molar-refractivity contribution in [3.05, 3.63) is 16.1 Å². The molecule has 0 radical (unpaired) electrons. The minimum atomic E-state index is 0.734. The van der Waals surface area contributed by atoms with E-state index < -0.39 is 0 Å². The van der Waals surface area contributed by atoms with Gasteiger partial charge in [-0.1, -0.05) is 6.92 Å². The van der Waals surface area contributed by atoms with Gasteiger partial charge in [0.25, 0.3) is 0 Å². The molecule has 0 unspecified atom stereocenters. The van der Waals surface area contributed by atoms with Crippen LogP contribution in [0.25, 0.3) is 0 Å². The predicted octanol–water partition coefficient (Wildman–Crippen LogP) is 2.95. The van der Waals surface area contributed by atoms with Crippen LogP contribution >= 0.6 is 11.3 Å². The molecule has 2 aliphatic heterocycles. The first-order valence-corrected chi connectivity index (χ1v) is 12.3. The van der Waals surface area contributed by atoms with E-state index >= 15 is 0 Å². The minimum Gasteiger partial charge on any atom is -0.356 e. The number of likely N-dealkylation sites (tertiary alicyclic amines) is 2. The van der Waals surface area contributed by atoms with Crippen LogP contribution in [0.3, 0.4) is 0 Å². The van der Waals surface area contributed by atoms with Crippen LogP contribution in [-0.4, -0.2) is 73.6 Å². The van der Waals surface area contributed by atoms with Crippen LogP contribution in [0.15, 0.2) is 10.4 Å². The highest BCUT2D eigenvalue weighted by atomic mass is 32.1. The molecule has 7 heteroatoms. The van der Waals surface area contributed by atoms with Crippen molar-refractivity contribution in [3.8, 4) is 0 Å². The summed E-state index contributed by atoms with van der Waals surface area (Å²) in [6, 6.07) is 0. The van der Waals surface area contributed by atoms with Crippen molar-refractivity contribution in [2.45, 2.75) is 52.5 Å². The Hall–Kier alpha value is -1.18. The highest BCUT2D eigenvalue weighted by Crippen LogP contribution is 2.19. The van der Waals surface area contributed by atoms with Gasteiger partial charge in [-0.25, -0.2) is 4.98 Å². The Morgan fingerprint density at radius 2 is 1.86 bits per heavy atom. The summed E-state index contributed by atoms with van der Waals surface area (Å²) in [6.07, 6.45) is 6.41. The largest absolute Gasteiger partial charge is 0.356 e. The van der Waals surface area contributed by atoms with Gasteiger partial charge in [-0.15, -0.1) is 11.3 Å². The lowest BCUT2D eigenvalue weighted by atomic mass is 9.97. The second kappa shape index (κ2) is 11.9. The maximum Gasteiger partial charge on any atom is 0.190 e. The summed E-state index contributed by atoms with van der Waals surface area (Å²) in [7, 11) is 1.87. The predicted molar refractivity (Wildman–Crippen MR) is 124 cm³/mol. The van der Waals surface area contributed by atoms with Crippen LogP contribution in [0.5, 0.6) is 0 Å². The minimum absolute atomic E-state index is 0.734. The summed E-state index contributed by atoms with van der Waals surface area (Å²) in [5.41, 5.74) is 1.23. The molecular weight excluding hydrogens is 380 g/mol. The van der Waals surface area contributed by atoms with Crippen LogP contribution in [0, 0.1) is 18.8 Å². The van der Waals surface area contributed by atoms with E-state index in [0.29, 0.717) is 0 Å². The first kappa shape index (κ1) is 22.5. The Labute approximate surface area is 181 Å². The fraction of sp³-hybridized carbons (Fsp3) is 0.818. The van der Waals surface area contributed by atoms with E-state index in [9.17, 15) is 0 Å². The molecule has 0 saturated carbocycles. The van der Waals surface area contributed by atoms with Crippen molar-refractivity contribution in [1.82, 2.24) is 25.4 Å². The summed E-state index contributed by atoms with van der Waals surface area (Å²) in [6.45, 7) is 13.6. The van der Waals surface area contributed by atoms with Gasteiger partial charge < -0.3 is 15.5 Å². The lowest BCUT2D eigenvalue weighted by Crippen LogP contribution is -2.43. The fourth-order valence-electron chi connectivity index (χ4n) is 4.32. The average molecular weight is 421 g/mol. The zero-order valence-electron chi connectivity index (χ0n) is 18.6. The van der Waals surface area contributed by atoms with Crippen LogP contribution < -0.4 is 10.6 Å². The number of nitrogens with zero attached hydrogens (tertiary/aromatic N) is 4. The smallest absolute Gasteiger partial charge is 0.190 e. The molecule has 2 aliphatic rings. The van der Waals surface area contributed by atoms with Crippen molar-refractivity contribution in [2.75, 3.05) is 52.9 Å². The Morgan fingerprint density at radius 3 is 2.52 bits per heavy atom. The zero-order valence-corrected chi connectivity index (χ0v) is 19.4. The number of aryl methyl sites for hydroxylation is 1. The van der Waals surface area contributed by atoms with E-state index in [1.165, 1.54) is 75.5 Å². The van der Waals surface area contributed by atoms with Gasteiger partial charge in [-0.2, -0.15) is 0 Å². The third-order valence-corrected chi connectivity index (χ3v) is 7.18. The van der Waals surface area contributed by atoms with Gasteiger partial charge in [0, 0.05) is 32.1 Å². The Bertz CT molecular complexity index is 615. The molecule has 164 valence electrons. The number of piperidine rings is 2. The number of aromatic nitrogens is 1. The number of rotatable bonds is 8. The summed E-state index contributed by atoms with van der Waals surface area (Å²) in [4.78, 5) is 14.2. The first-order chi connectivity index (χ1) is 14.1. The van der Waals surface area contributed by atoms with Crippen LogP contribution in [-0.2, 0) is 6.54 Å². The van der Waals surface area contributed by atoms with Gasteiger partial charge in [0.2, 0.25) is 0 Å². The first-order valence-electron chi connectivity index (χ1n) is 11.4. The van der Waals surface area contributed by atoms with Gasteiger partial charge in [0.1, 0.15) is 0 Å². The second-order valence-corrected chi connectivity index (χ2v) is 9.90. The van der Waals surface area contributed by atoms with Crippen LogP contribution in [0.2, 0.25) is 0 Å². The Morgan fingerprint density at radius 1 is 1.14 bits per heavy atom. The molecular formula is C22H40N6S. The van der Waals surface area contributed by atoms with Crippen molar-refractivity contribution in [1.29, 1.82) is 0 Å². The molecule has 0 spiro atoms. The topological polar surface area (TPSA) is 55.8 Å². The molecule has 0 atom stereocenters. The molecule has 0 amide bonds. The number of aliphatic imine (C=N–C) groups is 1. The van der Waals surface area contributed by atoms with Gasteiger partial charge in [-0.3, -0.25) is 9.89 Å². The molecule has 1 aromatic heterocycles. The van der Waals surface area contributed by atoms with Gasteiger partial charge >= 0.3 is 0 Å². The lowest BCUT2D eigenvalue weighted by Gasteiger charge is -2.32. The number of nitrogens with one attached hydrogen (secondary N) is 2. The van der Waals surface area contributed by atoms with E-state index in [1.54, 1.807) is 11.3 Å². The van der Waals surface area contributed by atoms with E-state index in [0.717, 1.165) is 37.4 Å². The SMILES string of the molecule is CN=C(NCCCN1CCC(C)CC1)NCC1CCN(Cc2csc(C)n2)CC1. The van der Waals surface area contributed by atoms with Crippen LogP contribution in [0.1, 0.15) is 49.7 Å². The molecule has 6 nitrogen and oxygen atoms in total. The normalized spacial score (nSPS) is 20.9. The Balaban J connectivity index is 1.25. The average Bonchev–Trinajstić information content (AvgIpc) is 3.14.